The van der Waals surface area contributed by atoms with E-state index < -0.39 is 9.84 Å². The van der Waals surface area contributed by atoms with Gasteiger partial charge in [-0.05, 0) is 56.5 Å². The molecule has 6 nitrogen and oxygen atoms in total. The maximum atomic E-state index is 13.1. The molecule has 4 rings (SSSR count). The first-order valence-corrected chi connectivity index (χ1v) is 10.0. The highest BCUT2D eigenvalue weighted by Crippen LogP contribution is 2.39. The lowest BCUT2D eigenvalue weighted by Gasteiger charge is -2.36. The van der Waals surface area contributed by atoms with Crippen LogP contribution in [0.25, 0.3) is 0 Å². The number of nitrogens with zero attached hydrogens (tertiary/aromatic N) is 2. The minimum atomic E-state index is -3.33. The van der Waals surface area contributed by atoms with Crippen LogP contribution in [0, 0.1) is 0 Å². The highest BCUT2D eigenvalue weighted by molar-refractivity contribution is 7.92. The number of hydrogen-bond donors (Lipinski definition) is 1. The average molecular weight is 349 g/mol. The van der Waals surface area contributed by atoms with E-state index in [0.717, 1.165) is 31.2 Å². The van der Waals surface area contributed by atoms with Crippen LogP contribution in [0.5, 0.6) is 0 Å². The van der Waals surface area contributed by atoms with E-state index in [1.807, 2.05) is 0 Å². The monoisotopic (exact) mass is 349 g/mol. The molecule has 3 aliphatic rings. The SMILES string of the molecule is CN1Cc2cc(S(=O)(=O)[C@@H]3C[C@H]4CC[C@@H](C3)N4C)ccc2NC1=O. The van der Waals surface area contributed by atoms with E-state index in [4.69, 9.17) is 0 Å². The van der Waals surface area contributed by atoms with Gasteiger partial charge < -0.3 is 15.1 Å². The molecule has 0 aliphatic carbocycles. The second-order valence-corrected chi connectivity index (χ2v) is 9.52. The molecule has 7 heteroatoms. The molecule has 2 fully saturated rings. The van der Waals surface area contributed by atoms with Crippen molar-refractivity contribution < 1.29 is 13.2 Å². The predicted octanol–water partition coefficient (Wildman–Crippen LogP) is 2.06. The average Bonchev–Trinajstić information content (AvgIpc) is 2.75. The first-order chi connectivity index (χ1) is 11.4. The fraction of sp³-hybridized carbons (Fsp3) is 0.588. The smallest absolute Gasteiger partial charge is 0.321 e. The largest absolute Gasteiger partial charge is 0.323 e. The van der Waals surface area contributed by atoms with Gasteiger partial charge in [-0.2, -0.15) is 0 Å². The van der Waals surface area contributed by atoms with Crippen LogP contribution < -0.4 is 5.32 Å². The fourth-order valence-electron chi connectivity index (χ4n) is 4.35. The van der Waals surface area contributed by atoms with E-state index in [0.29, 0.717) is 29.2 Å². The van der Waals surface area contributed by atoms with Crippen LogP contribution >= 0.6 is 0 Å². The molecule has 0 unspecified atom stereocenters. The minimum Gasteiger partial charge on any atom is -0.323 e. The molecule has 0 saturated carbocycles. The molecule has 1 aromatic carbocycles. The molecule has 2 saturated heterocycles. The Hall–Kier alpha value is -1.60. The van der Waals surface area contributed by atoms with Crippen LogP contribution in [0.15, 0.2) is 23.1 Å². The number of sulfone groups is 1. The highest BCUT2D eigenvalue weighted by Gasteiger charge is 2.43. The van der Waals surface area contributed by atoms with Crippen LogP contribution in [0.4, 0.5) is 10.5 Å². The predicted molar refractivity (Wildman–Crippen MR) is 91.7 cm³/mol. The summed E-state index contributed by atoms with van der Waals surface area (Å²) in [6.45, 7) is 0.434. The van der Waals surface area contributed by atoms with E-state index >= 15 is 0 Å². The lowest BCUT2D eigenvalue weighted by Crippen LogP contribution is -2.44. The molecule has 0 spiro atoms. The number of anilines is 1. The summed E-state index contributed by atoms with van der Waals surface area (Å²) < 4.78 is 26.2. The summed E-state index contributed by atoms with van der Waals surface area (Å²) in [4.78, 5) is 16.0. The van der Waals surface area contributed by atoms with Crippen molar-refractivity contribution in [3.63, 3.8) is 0 Å². The van der Waals surface area contributed by atoms with Crippen LogP contribution in [0.3, 0.4) is 0 Å². The zero-order chi connectivity index (χ0) is 17.1. The third-order valence-corrected chi connectivity index (χ3v) is 8.07. The third kappa shape index (κ3) is 2.41. The molecular formula is C17H23N3O3S. The summed E-state index contributed by atoms with van der Waals surface area (Å²) in [5, 5.41) is 2.49. The number of rotatable bonds is 2. The number of nitrogens with one attached hydrogen (secondary N) is 1. The lowest BCUT2D eigenvalue weighted by molar-refractivity contribution is 0.180. The van der Waals surface area contributed by atoms with E-state index in [1.54, 1.807) is 30.1 Å². The number of carbonyl (C=O) groups is 1. The first-order valence-electron chi connectivity index (χ1n) is 8.47. The first kappa shape index (κ1) is 15.9. The van der Waals surface area contributed by atoms with Crippen molar-refractivity contribution in [1.82, 2.24) is 9.80 Å². The molecule has 1 N–H and O–H groups in total. The normalized spacial score (nSPS) is 30.2. The van der Waals surface area contributed by atoms with Gasteiger partial charge in [0.25, 0.3) is 0 Å². The Morgan fingerprint density at radius 3 is 2.46 bits per heavy atom. The summed E-state index contributed by atoms with van der Waals surface area (Å²) in [6.07, 6.45) is 3.66. The molecule has 2 amide bonds. The van der Waals surface area contributed by atoms with Crippen molar-refractivity contribution in [2.24, 2.45) is 0 Å². The van der Waals surface area contributed by atoms with Gasteiger partial charge in [0, 0.05) is 31.4 Å². The van der Waals surface area contributed by atoms with Gasteiger partial charge in [0.1, 0.15) is 0 Å². The third-order valence-electron chi connectivity index (χ3n) is 5.89. The fourth-order valence-corrected chi connectivity index (χ4v) is 6.25. The summed E-state index contributed by atoms with van der Waals surface area (Å²) in [6, 6.07) is 5.72. The number of amides is 2. The Balaban J connectivity index is 1.64. The van der Waals surface area contributed by atoms with Gasteiger partial charge in [0.05, 0.1) is 10.1 Å². The van der Waals surface area contributed by atoms with E-state index in [2.05, 4.69) is 17.3 Å². The van der Waals surface area contributed by atoms with Gasteiger partial charge in [0.2, 0.25) is 0 Å². The Bertz CT molecular complexity index is 778. The van der Waals surface area contributed by atoms with E-state index in [1.165, 1.54) is 0 Å². The molecule has 3 heterocycles. The van der Waals surface area contributed by atoms with Crippen molar-refractivity contribution in [3.8, 4) is 0 Å². The number of urea groups is 1. The number of carbonyl (C=O) groups excluding carboxylic acids is 1. The zero-order valence-electron chi connectivity index (χ0n) is 14.0. The minimum absolute atomic E-state index is 0.162. The molecule has 0 aromatic heterocycles. The molecular weight excluding hydrogens is 326 g/mol. The second-order valence-electron chi connectivity index (χ2n) is 7.29. The maximum Gasteiger partial charge on any atom is 0.321 e. The highest BCUT2D eigenvalue weighted by atomic mass is 32.2. The Kier molecular flexibility index (Phi) is 3.61. The molecule has 3 atom stereocenters. The number of hydrogen-bond acceptors (Lipinski definition) is 4. The van der Waals surface area contributed by atoms with Crippen molar-refractivity contribution in [3.05, 3.63) is 23.8 Å². The molecule has 0 radical (unpaired) electrons. The Morgan fingerprint density at radius 2 is 1.79 bits per heavy atom. The Labute approximate surface area is 142 Å². The molecule has 3 aliphatic heterocycles. The maximum absolute atomic E-state index is 13.1. The lowest BCUT2D eigenvalue weighted by atomic mass is 10.0. The molecule has 1 aromatic rings. The summed E-state index contributed by atoms with van der Waals surface area (Å²) in [5.74, 6) is 0. The number of piperidine rings is 1. The van der Waals surface area contributed by atoms with Gasteiger partial charge in [-0.1, -0.05) is 0 Å². The number of fused-ring (bicyclic) bond motifs is 3. The summed E-state index contributed by atoms with van der Waals surface area (Å²) in [7, 11) is 0.482. The Morgan fingerprint density at radius 1 is 1.12 bits per heavy atom. The zero-order valence-corrected chi connectivity index (χ0v) is 14.8. The quantitative estimate of drug-likeness (QED) is 0.887. The van der Waals surface area contributed by atoms with Gasteiger partial charge in [-0.3, -0.25) is 0 Å². The van der Waals surface area contributed by atoms with Crippen LogP contribution in [0.2, 0.25) is 0 Å². The molecule has 130 valence electrons. The van der Waals surface area contributed by atoms with Crippen molar-refractivity contribution in [2.75, 3.05) is 19.4 Å². The van der Waals surface area contributed by atoms with Gasteiger partial charge in [-0.15, -0.1) is 0 Å². The van der Waals surface area contributed by atoms with Crippen molar-refractivity contribution in [1.29, 1.82) is 0 Å². The van der Waals surface area contributed by atoms with Crippen LogP contribution in [-0.4, -0.2) is 55.7 Å². The molecule has 24 heavy (non-hydrogen) atoms. The standard InChI is InChI=1S/C17H23N3O3S/c1-19-10-11-7-14(5-6-16(11)18-17(19)21)24(22,23)15-8-12-3-4-13(9-15)20(12)2/h5-7,12-13,15H,3-4,8-10H2,1-2H3,(H,18,21)/t12-,13+,15-. The topological polar surface area (TPSA) is 69.7 Å². The van der Waals surface area contributed by atoms with Gasteiger partial charge >= 0.3 is 6.03 Å². The summed E-state index contributed by atoms with van der Waals surface area (Å²) in [5.41, 5.74) is 1.56. The second kappa shape index (κ2) is 5.46. The van der Waals surface area contributed by atoms with E-state index in [9.17, 15) is 13.2 Å². The van der Waals surface area contributed by atoms with Crippen molar-refractivity contribution >= 4 is 21.6 Å². The van der Waals surface area contributed by atoms with E-state index in [-0.39, 0.29) is 11.3 Å². The van der Waals surface area contributed by atoms with Crippen LogP contribution in [-0.2, 0) is 16.4 Å². The van der Waals surface area contributed by atoms with Gasteiger partial charge in [0.15, 0.2) is 9.84 Å². The molecule has 2 bridgehead atoms. The van der Waals surface area contributed by atoms with Gasteiger partial charge in [-0.25, -0.2) is 13.2 Å². The number of benzene rings is 1. The summed E-state index contributed by atoms with van der Waals surface area (Å²) >= 11 is 0. The van der Waals surface area contributed by atoms with Crippen LogP contribution in [0.1, 0.15) is 31.2 Å². The van der Waals surface area contributed by atoms with Crippen molar-refractivity contribution in [2.45, 2.75) is 54.5 Å².